The molecule has 2 amide bonds. The summed E-state index contributed by atoms with van der Waals surface area (Å²) < 4.78 is 13.8. The summed E-state index contributed by atoms with van der Waals surface area (Å²) in [5.74, 6) is 1.68. The van der Waals surface area contributed by atoms with Gasteiger partial charge < -0.3 is 24.2 Å². The van der Waals surface area contributed by atoms with Gasteiger partial charge in [0.1, 0.15) is 18.0 Å². The van der Waals surface area contributed by atoms with Gasteiger partial charge in [0.25, 0.3) is 0 Å². The van der Waals surface area contributed by atoms with Gasteiger partial charge in [0.15, 0.2) is 0 Å². The minimum Gasteiger partial charge on any atom is -0.445 e. The fraction of sp³-hybridized carbons (Fsp3) is 0.529. The number of anilines is 1. The van der Waals surface area contributed by atoms with Crippen molar-refractivity contribution in [1.29, 1.82) is 0 Å². The Morgan fingerprint density at radius 3 is 2.47 bits per heavy atom. The van der Waals surface area contributed by atoms with Crippen molar-refractivity contribution in [1.82, 2.24) is 19.4 Å². The Bertz CT molecular complexity index is 1710. The number of halogens is 2. The third kappa shape index (κ3) is 7.39. The van der Waals surface area contributed by atoms with Gasteiger partial charge in [0.05, 0.1) is 15.0 Å². The molecule has 252 valence electrons. The molecule has 4 heterocycles. The monoisotopic (exact) mass is 745 g/mol. The first-order chi connectivity index (χ1) is 22.4. The van der Waals surface area contributed by atoms with Gasteiger partial charge in [-0.1, -0.05) is 41.9 Å². The Kier molecular flexibility index (Phi) is 10.0. The highest BCUT2D eigenvalue weighted by molar-refractivity contribution is 9.10. The van der Waals surface area contributed by atoms with Crippen LogP contribution < -0.4 is 10.6 Å². The predicted molar refractivity (Wildman–Crippen MR) is 189 cm³/mol. The number of hydrogen-bond acceptors (Lipinski definition) is 8. The van der Waals surface area contributed by atoms with E-state index in [4.69, 9.17) is 26.1 Å². The zero-order valence-corrected chi connectivity index (χ0v) is 30.4. The molecule has 0 saturated carbocycles. The Labute approximate surface area is 292 Å². The molecule has 2 aromatic carbocycles. The molecule has 13 heteroatoms. The Morgan fingerprint density at radius 1 is 1.06 bits per heavy atom. The first-order valence-corrected chi connectivity index (χ1v) is 18.3. The molecule has 47 heavy (non-hydrogen) atoms. The minimum atomic E-state index is -0.576. The van der Waals surface area contributed by atoms with E-state index in [1.165, 1.54) is 0 Å². The van der Waals surface area contributed by atoms with Gasteiger partial charge in [-0.3, -0.25) is 4.57 Å². The van der Waals surface area contributed by atoms with Gasteiger partial charge in [-0.25, -0.2) is 14.4 Å². The summed E-state index contributed by atoms with van der Waals surface area (Å²) in [6, 6.07) is 11.5. The van der Waals surface area contributed by atoms with Crippen molar-refractivity contribution in [3.63, 3.8) is 0 Å². The third-order valence-corrected chi connectivity index (χ3v) is 11.9. The van der Waals surface area contributed by atoms with E-state index in [0.29, 0.717) is 49.5 Å². The van der Waals surface area contributed by atoms with E-state index in [9.17, 15) is 14.4 Å². The van der Waals surface area contributed by atoms with Crippen LogP contribution in [0.4, 0.5) is 15.4 Å². The van der Waals surface area contributed by atoms with Crippen molar-refractivity contribution >= 4 is 68.2 Å². The van der Waals surface area contributed by atoms with E-state index in [2.05, 4.69) is 20.8 Å². The molecule has 0 unspecified atom stereocenters. The number of ether oxygens (including phenoxy) is 2. The maximum atomic E-state index is 13.9. The topological polar surface area (TPSA) is 97.2 Å². The van der Waals surface area contributed by atoms with E-state index in [1.54, 1.807) is 21.6 Å². The van der Waals surface area contributed by atoms with E-state index in [0.717, 1.165) is 50.8 Å². The molecule has 1 aromatic heterocycles. The average Bonchev–Trinajstić information content (AvgIpc) is 3.04. The second-order valence-electron chi connectivity index (χ2n) is 13.6. The maximum Gasteiger partial charge on any atom is 0.410 e. The Hall–Kier alpha value is -2.96. The van der Waals surface area contributed by atoms with Crippen molar-refractivity contribution in [3.05, 3.63) is 61.9 Å². The van der Waals surface area contributed by atoms with Gasteiger partial charge in [-0.15, -0.1) is 11.8 Å². The molecule has 3 aliphatic rings. The summed E-state index contributed by atoms with van der Waals surface area (Å²) in [5.41, 5.74) is 0.957. The molecule has 0 bridgehead atoms. The third-order valence-electron chi connectivity index (χ3n) is 9.06. The lowest BCUT2D eigenvalue weighted by Gasteiger charge is -2.41. The van der Waals surface area contributed by atoms with Crippen molar-refractivity contribution in [2.24, 2.45) is 5.92 Å². The van der Waals surface area contributed by atoms with Crippen LogP contribution in [0.25, 0.3) is 10.9 Å². The van der Waals surface area contributed by atoms with Crippen LogP contribution in [0, 0.1) is 5.92 Å². The van der Waals surface area contributed by atoms with Crippen LogP contribution in [-0.2, 0) is 16.1 Å². The summed E-state index contributed by atoms with van der Waals surface area (Å²) in [5, 5.41) is 1.40. The SMILES string of the molecule is C[C@H]1CN(C(=O)OC(C)(C)C)CCN1c1nc(=O)n2c3c(c(Br)c(Cl)cc13)SC[C@@H]2CC1CCN(C(=O)OCc2ccccc2)CC1. The lowest BCUT2D eigenvalue weighted by Crippen LogP contribution is -2.55. The molecule has 2 fully saturated rings. The van der Waals surface area contributed by atoms with Crippen LogP contribution in [0.5, 0.6) is 0 Å². The number of carbonyl (C=O) groups excluding carboxylic acids is 2. The van der Waals surface area contributed by atoms with Crippen molar-refractivity contribution < 1.29 is 19.1 Å². The Balaban J connectivity index is 1.18. The summed E-state index contributed by atoms with van der Waals surface area (Å²) in [7, 11) is 0. The van der Waals surface area contributed by atoms with Crippen LogP contribution >= 0.6 is 39.3 Å². The molecule has 0 aliphatic carbocycles. The molecule has 2 atom stereocenters. The molecule has 0 N–H and O–H groups in total. The number of nitrogens with zero attached hydrogens (tertiary/aromatic N) is 5. The quantitative estimate of drug-likeness (QED) is 0.268. The number of hydrogen-bond donors (Lipinski definition) is 0. The Morgan fingerprint density at radius 2 is 1.79 bits per heavy atom. The van der Waals surface area contributed by atoms with Crippen LogP contribution in [-0.4, -0.2) is 81.7 Å². The van der Waals surface area contributed by atoms with Crippen LogP contribution in [0.1, 0.15) is 58.6 Å². The number of aromatic nitrogens is 2. The molecule has 6 rings (SSSR count). The van der Waals surface area contributed by atoms with Crippen LogP contribution in [0.2, 0.25) is 5.02 Å². The van der Waals surface area contributed by atoms with E-state index < -0.39 is 5.60 Å². The lowest BCUT2D eigenvalue weighted by atomic mass is 9.90. The van der Waals surface area contributed by atoms with E-state index in [-0.39, 0.29) is 36.6 Å². The fourth-order valence-corrected chi connectivity index (χ4v) is 8.86. The highest BCUT2D eigenvalue weighted by Crippen LogP contribution is 2.47. The number of amides is 2. The summed E-state index contributed by atoms with van der Waals surface area (Å²) >= 11 is 12.1. The van der Waals surface area contributed by atoms with Crippen molar-refractivity contribution in [3.8, 4) is 0 Å². The molecule has 10 nitrogen and oxygen atoms in total. The van der Waals surface area contributed by atoms with E-state index in [1.807, 2.05) is 68.7 Å². The summed E-state index contributed by atoms with van der Waals surface area (Å²) in [6.45, 7) is 10.5. The number of rotatable bonds is 5. The number of piperidine rings is 1. The van der Waals surface area contributed by atoms with Gasteiger partial charge >= 0.3 is 17.9 Å². The second-order valence-corrected chi connectivity index (χ2v) is 15.9. The zero-order valence-electron chi connectivity index (χ0n) is 27.2. The lowest BCUT2D eigenvalue weighted by molar-refractivity contribution is 0.0218. The normalized spacial score (nSPS) is 20.4. The molecule has 0 radical (unpaired) electrons. The summed E-state index contributed by atoms with van der Waals surface area (Å²) in [4.78, 5) is 50.7. The largest absolute Gasteiger partial charge is 0.445 e. The van der Waals surface area contributed by atoms with E-state index >= 15 is 0 Å². The minimum absolute atomic E-state index is 0.0415. The van der Waals surface area contributed by atoms with Crippen molar-refractivity contribution in [2.45, 2.75) is 76.1 Å². The number of thioether (sulfide) groups is 1. The first-order valence-electron chi connectivity index (χ1n) is 16.2. The standard InChI is InChI=1S/C34H41BrClN5O5S/c1-21-18-39(33(44)46-34(2,3)4)14-15-40(21)30-25-17-26(36)27(35)29-28(25)41(31(42)37-30)24(20-47-29)16-22-10-12-38(13-11-22)32(43)45-19-23-8-6-5-7-9-23/h5-9,17,21-22,24H,10-16,18-20H2,1-4H3/t21-,24-/m0/s1. The molecule has 3 aliphatic heterocycles. The van der Waals surface area contributed by atoms with Gasteiger partial charge in [-0.2, -0.15) is 4.98 Å². The highest BCUT2D eigenvalue weighted by atomic mass is 79.9. The van der Waals surface area contributed by atoms with Gasteiger partial charge in [0, 0.05) is 60.8 Å². The van der Waals surface area contributed by atoms with Crippen LogP contribution in [0.3, 0.4) is 0 Å². The second kappa shape index (κ2) is 13.9. The smallest absolute Gasteiger partial charge is 0.410 e. The number of piperazine rings is 1. The van der Waals surface area contributed by atoms with Gasteiger partial charge in [0.2, 0.25) is 0 Å². The average molecular weight is 747 g/mol. The highest BCUT2D eigenvalue weighted by Gasteiger charge is 2.35. The van der Waals surface area contributed by atoms with Crippen LogP contribution in [0.15, 0.2) is 50.6 Å². The maximum absolute atomic E-state index is 13.9. The molecular weight excluding hydrogens is 706 g/mol. The fourth-order valence-electron chi connectivity index (χ4n) is 6.73. The predicted octanol–water partition coefficient (Wildman–Crippen LogP) is 7.34. The number of likely N-dealkylation sites (tertiary alicyclic amines) is 1. The zero-order chi connectivity index (χ0) is 33.5. The first kappa shape index (κ1) is 33.9. The molecular formula is C34H41BrClN5O5S. The number of benzene rings is 2. The molecule has 2 saturated heterocycles. The number of carbonyl (C=O) groups is 2. The summed E-state index contributed by atoms with van der Waals surface area (Å²) in [6.07, 6.45) is 1.90. The molecule has 3 aromatic rings. The van der Waals surface area contributed by atoms with Gasteiger partial charge in [-0.05, 0) is 80.4 Å². The van der Waals surface area contributed by atoms with Crippen molar-refractivity contribution in [2.75, 3.05) is 43.4 Å². The molecule has 0 spiro atoms.